The second kappa shape index (κ2) is 7.61. The van der Waals surface area contributed by atoms with Crippen LogP contribution in [0.4, 0.5) is 5.69 Å². The fourth-order valence-electron chi connectivity index (χ4n) is 5.37. The highest BCUT2D eigenvalue weighted by atomic mass is 35.5. The highest BCUT2D eigenvalue weighted by Gasteiger charge is 2.53. The fraction of sp³-hybridized carbons (Fsp3) is 0.458. The van der Waals surface area contributed by atoms with Crippen molar-refractivity contribution >= 4 is 34.8 Å². The van der Waals surface area contributed by atoms with Gasteiger partial charge in [-0.15, -0.1) is 23.2 Å². The lowest BCUT2D eigenvalue weighted by Crippen LogP contribution is -2.52. The van der Waals surface area contributed by atoms with E-state index < -0.39 is 4.84 Å². The summed E-state index contributed by atoms with van der Waals surface area (Å²) in [5.41, 5.74) is 3.92. The summed E-state index contributed by atoms with van der Waals surface area (Å²) >= 11 is 12.2. The lowest BCUT2D eigenvalue weighted by molar-refractivity contribution is 0.0960. The van der Waals surface area contributed by atoms with Crippen molar-refractivity contribution in [1.29, 1.82) is 0 Å². The van der Waals surface area contributed by atoms with Gasteiger partial charge in [-0.2, -0.15) is 0 Å². The molecule has 1 N–H and O–H groups in total. The van der Waals surface area contributed by atoms with Crippen LogP contribution >= 0.6 is 23.2 Å². The van der Waals surface area contributed by atoms with Gasteiger partial charge < -0.3 is 10.2 Å². The molecule has 3 aliphatic rings. The number of piperidine rings is 1. The van der Waals surface area contributed by atoms with E-state index in [-0.39, 0.29) is 17.4 Å². The molecule has 2 aromatic rings. The Morgan fingerprint density at radius 3 is 2.59 bits per heavy atom. The molecule has 1 aliphatic carbocycles. The van der Waals surface area contributed by atoms with E-state index in [9.17, 15) is 4.79 Å². The van der Waals surface area contributed by atoms with Gasteiger partial charge in [-0.1, -0.05) is 43.2 Å². The number of carbonyl (C=O) groups excluding carboxylic acids is 1. The zero-order valence-corrected chi connectivity index (χ0v) is 17.9. The van der Waals surface area contributed by atoms with Gasteiger partial charge in [-0.25, -0.2) is 0 Å². The SMILES string of the molecule is O=C(c1cccc(C(Cl)Cl)c1)N1c2ccccc2C2(CCNCC2)[C@H]1CC1CC1. The van der Waals surface area contributed by atoms with Crippen molar-refractivity contribution in [2.45, 2.75) is 48.4 Å². The van der Waals surface area contributed by atoms with Crippen LogP contribution < -0.4 is 10.2 Å². The topological polar surface area (TPSA) is 32.3 Å². The van der Waals surface area contributed by atoms with Crippen LogP contribution in [0, 0.1) is 5.92 Å². The third-order valence-corrected chi connectivity index (χ3v) is 7.51. The average Bonchev–Trinajstić information content (AvgIpc) is 3.54. The molecule has 1 atom stereocenters. The maximum absolute atomic E-state index is 13.8. The number of carbonyl (C=O) groups is 1. The fourth-order valence-corrected chi connectivity index (χ4v) is 5.64. The molecule has 29 heavy (non-hydrogen) atoms. The van der Waals surface area contributed by atoms with Crippen molar-refractivity contribution in [2.75, 3.05) is 18.0 Å². The molecule has 2 aromatic carbocycles. The number of amides is 1. The minimum absolute atomic E-state index is 0.0548. The van der Waals surface area contributed by atoms with E-state index in [1.165, 1.54) is 18.4 Å². The van der Waals surface area contributed by atoms with Crippen LogP contribution in [0.1, 0.15) is 58.4 Å². The Balaban J connectivity index is 1.60. The van der Waals surface area contributed by atoms with Crippen LogP contribution in [0.15, 0.2) is 48.5 Å². The summed E-state index contributed by atoms with van der Waals surface area (Å²) in [6.07, 6.45) is 5.83. The molecular weight excluding hydrogens is 403 g/mol. The molecule has 3 nitrogen and oxygen atoms in total. The van der Waals surface area contributed by atoms with E-state index in [2.05, 4.69) is 34.5 Å². The number of nitrogens with zero attached hydrogens (tertiary/aromatic N) is 1. The first-order chi connectivity index (χ1) is 14.1. The van der Waals surface area contributed by atoms with Crippen LogP contribution in [0.25, 0.3) is 0 Å². The predicted molar refractivity (Wildman–Crippen MR) is 119 cm³/mol. The van der Waals surface area contributed by atoms with Crippen molar-refractivity contribution in [3.8, 4) is 0 Å². The minimum Gasteiger partial charge on any atom is -0.317 e. The van der Waals surface area contributed by atoms with Gasteiger partial charge in [0.1, 0.15) is 4.84 Å². The van der Waals surface area contributed by atoms with Crippen molar-refractivity contribution in [3.05, 3.63) is 65.2 Å². The van der Waals surface area contributed by atoms with E-state index in [1.807, 2.05) is 24.3 Å². The van der Waals surface area contributed by atoms with E-state index in [0.717, 1.165) is 49.5 Å². The van der Waals surface area contributed by atoms with Gasteiger partial charge in [0, 0.05) is 22.7 Å². The average molecular weight is 429 g/mol. The molecule has 0 unspecified atom stereocenters. The van der Waals surface area contributed by atoms with E-state index in [4.69, 9.17) is 23.2 Å². The second-order valence-electron chi connectivity index (χ2n) is 8.72. The number of hydrogen-bond acceptors (Lipinski definition) is 2. The van der Waals surface area contributed by atoms with Crippen molar-refractivity contribution in [1.82, 2.24) is 5.32 Å². The van der Waals surface area contributed by atoms with E-state index in [1.54, 1.807) is 0 Å². The molecule has 2 aliphatic heterocycles. The van der Waals surface area contributed by atoms with Crippen LogP contribution in [0.2, 0.25) is 0 Å². The number of fused-ring (bicyclic) bond motifs is 2. The molecular formula is C24H26Cl2N2O. The molecule has 0 aromatic heterocycles. The van der Waals surface area contributed by atoms with E-state index in [0.29, 0.717) is 5.56 Å². The van der Waals surface area contributed by atoms with Crippen LogP contribution in [-0.2, 0) is 5.41 Å². The first kappa shape index (κ1) is 19.4. The molecule has 5 rings (SSSR count). The van der Waals surface area contributed by atoms with Gasteiger partial charge in [0.2, 0.25) is 0 Å². The minimum atomic E-state index is -0.633. The zero-order valence-electron chi connectivity index (χ0n) is 16.4. The summed E-state index contributed by atoms with van der Waals surface area (Å²) in [7, 11) is 0. The Labute approximate surface area is 182 Å². The molecule has 152 valence electrons. The smallest absolute Gasteiger partial charge is 0.258 e. The Bertz CT molecular complexity index is 919. The van der Waals surface area contributed by atoms with Crippen molar-refractivity contribution < 1.29 is 4.79 Å². The third kappa shape index (κ3) is 3.37. The maximum Gasteiger partial charge on any atom is 0.258 e. The summed E-state index contributed by atoms with van der Waals surface area (Å²) in [5.74, 6) is 0.812. The summed E-state index contributed by atoms with van der Waals surface area (Å²) in [4.78, 5) is 15.3. The molecule has 1 saturated heterocycles. The standard InChI is InChI=1S/C24H26Cl2N2O/c25-22(26)17-4-3-5-18(15-17)23(29)28-20-7-2-1-6-19(20)24(10-12-27-13-11-24)21(28)14-16-8-9-16/h1-7,15-16,21-22,27H,8-14H2/t21-/m1/s1. The van der Waals surface area contributed by atoms with Crippen LogP contribution in [0.5, 0.6) is 0 Å². The lowest BCUT2D eigenvalue weighted by atomic mass is 9.68. The number of anilines is 1. The largest absolute Gasteiger partial charge is 0.317 e. The Hall–Kier alpha value is -1.55. The summed E-state index contributed by atoms with van der Waals surface area (Å²) in [6.45, 7) is 2.01. The summed E-state index contributed by atoms with van der Waals surface area (Å²) in [5, 5.41) is 3.52. The second-order valence-corrected chi connectivity index (χ2v) is 9.82. The monoisotopic (exact) mass is 428 g/mol. The summed E-state index contributed by atoms with van der Waals surface area (Å²) in [6, 6.07) is 16.2. The van der Waals surface area contributed by atoms with Crippen LogP contribution in [0.3, 0.4) is 0 Å². The van der Waals surface area contributed by atoms with E-state index >= 15 is 0 Å². The molecule has 5 heteroatoms. The Morgan fingerprint density at radius 1 is 1.10 bits per heavy atom. The first-order valence-electron chi connectivity index (χ1n) is 10.6. The maximum atomic E-state index is 13.8. The zero-order chi connectivity index (χ0) is 20.0. The molecule has 1 saturated carbocycles. The molecule has 0 radical (unpaired) electrons. The molecule has 1 amide bonds. The molecule has 1 spiro atoms. The molecule has 2 fully saturated rings. The summed E-state index contributed by atoms with van der Waals surface area (Å²) < 4.78 is 0. The molecule has 2 heterocycles. The van der Waals surface area contributed by atoms with Gasteiger partial charge >= 0.3 is 0 Å². The number of hydrogen-bond donors (Lipinski definition) is 1. The van der Waals surface area contributed by atoms with Crippen molar-refractivity contribution in [3.63, 3.8) is 0 Å². The van der Waals surface area contributed by atoms with Gasteiger partial charge in [-0.3, -0.25) is 4.79 Å². The predicted octanol–water partition coefficient (Wildman–Crippen LogP) is 5.61. The lowest BCUT2D eigenvalue weighted by Gasteiger charge is -2.42. The number of nitrogens with one attached hydrogen (secondary N) is 1. The third-order valence-electron chi connectivity index (χ3n) is 7.00. The number of benzene rings is 2. The number of halogens is 2. The highest BCUT2D eigenvalue weighted by Crippen LogP contribution is 2.54. The quantitative estimate of drug-likeness (QED) is 0.641. The van der Waals surface area contributed by atoms with Gasteiger partial charge in [-0.05, 0) is 67.6 Å². The Kier molecular flexibility index (Phi) is 5.09. The number of rotatable bonds is 4. The van der Waals surface area contributed by atoms with Crippen LogP contribution in [-0.4, -0.2) is 25.0 Å². The number of alkyl halides is 2. The number of para-hydroxylation sites is 1. The van der Waals surface area contributed by atoms with Gasteiger partial charge in [0.05, 0.1) is 0 Å². The normalized spacial score (nSPS) is 22.9. The Morgan fingerprint density at radius 2 is 1.86 bits per heavy atom. The molecule has 0 bridgehead atoms. The first-order valence-corrected chi connectivity index (χ1v) is 11.5. The van der Waals surface area contributed by atoms with Gasteiger partial charge in [0.15, 0.2) is 0 Å². The van der Waals surface area contributed by atoms with Crippen molar-refractivity contribution in [2.24, 2.45) is 5.92 Å². The highest BCUT2D eigenvalue weighted by molar-refractivity contribution is 6.44. The van der Waals surface area contributed by atoms with Gasteiger partial charge in [0.25, 0.3) is 5.91 Å².